The maximum Gasteiger partial charge on any atom is 0.408 e. The normalized spacial score (nSPS) is 20.9. The first-order valence-electron chi connectivity index (χ1n) is 23.2. The average molecular weight is 981 g/mol. The first kappa shape index (κ1) is 53.1. The van der Waals surface area contributed by atoms with Crippen LogP contribution in [0.2, 0.25) is 0 Å². The number of rotatable bonds is 18. The van der Waals surface area contributed by atoms with Gasteiger partial charge in [0.15, 0.2) is 11.9 Å². The molecule has 1 spiro atoms. The van der Waals surface area contributed by atoms with Gasteiger partial charge in [0.1, 0.15) is 64.7 Å². The van der Waals surface area contributed by atoms with E-state index >= 15 is 0 Å². The Hall–Kier alpha value is -6.23. The second kappa shape index (κ2) is 22.2. The van der Waals surface area contributed by atoms with Crippen LogP contribution in [0.1, 0.15) is 113 Å². The molecule has 3 aromatic rings. The average Bonchev–Trinajstić information content (AvgIpc) is 3.56. The molecule has 21 heteroatoms. The van der Waals surface area contributed by atoms with Crippen molar-refractivity contribution in [3.8, 4) is 23.0 Å². The Kier molecular flexibility index (Phi) is 16.9. The number of fused-ring (bicyclic) bond motifs is 6. The molecule has 21 nitrogen and oxygen atoms in total. The molecule has 7 atom stereocenters. The fourth-order valence-corrected chi connectivity index (χ4v) is 8.24. The molecule has 382 valence electrons. The van der Waals surface area contributed by atoms with Crippen molar-refractivity contribution in [2.75, 3.05) is 19.7 Å². The number of aliphatic hydroxyl groups excluding tert-OH is 4. The van der Waals surface area contributed by atoms with Crippen molar-refractivity contribution in [2.45, 2.75) is 146 Å². The van der Waals surface area contributed by atoms with Crippen LogP contribution in [0.25, 0.3) is 0 Å². The number of aromatic hydroxyl groups is 2. The summed E-state index contributed by atoms with van der Waals surface area (Å²) in [5, 5.41) is 72.3. The van der Waals surface area contributed by atoms with E-state index in [4.69, 9.17) is 28.4 Å². The molecule has 3 aromatic carbocycles. The summed E-state index contributed by atoms with van der Waals surface area (Å²) in [6.45, 7) is 9.35. The molecule has 0 bridgehead atoms. The second-order valence-corrected chi connectivity index (χ2v) is 19.4. The van der Waals surface area contributed by atoms with E-state index in [-0.39, 0.29) is 67.8 Å². The number of unbranched alkanes of at least 4 members (excludes halogenated alkanes) is 2. The van der Waals surface area contributed by atoms with Crippen LogP contribution >= 0.6 is 0 Å². The smallest absolute Gasteiger partial charge is 0.408 e. The van der Waals surface area contributed by atoms with Crippen LogP contribution in [-0.4, -0.2) is 134 Å². The monoisotopic (exact) mass is 980 g/mol. The first-order chi connectivity index (χ1) is 33.0. The Balaban J connectivity index is 1.03. The Morgan fingerprint density at radius 2 is 1.39 bits per heavy atom. The largest absolute Gasteiger partial charge is 0.508 e. The zero-order valence-electron chi connectivity index (χ0n) is 40.0. The predicted molar refractivity (Wildman–Crippen MR) is 247 cm³/mol. The molecular weight excluding hydrogens is 917 g/mol. The highest BCUT2D eigenvalue weighted by Gasteiger charge is 2.54. The minimum Gasteiger partial charge on any atom is -0.508 e. The third-order valence-corrected chi connectivity index (χ3v) is 11.5. The van der Waals surface area contributed by atoms with E-state index in [1.807, 2.05) is 0 Å². The number of aliphatic hydroxyl groups is 4. The maximum atomic E-state index is 13.6. The molecule has 6 rings (SSSR count). The maximum absolute atomic E-state index is 13.6. The number of hydrogen-bond donors (Lipinski definition) is 10. The van der Waals surface area contributed by atoms with E-state index in [0.717, 1.165) is 0 Å². The highest BCUT2D eigenvalue weighted by Crippen LogP contribution is 2.57. The standard InChI is InChI=1S/C49H64N4O17/c1-47(2,3)69-45(63)52-24-29(65-44-41(60)40(59)39(58)37(25-54)67-44)14-18-34(53-46(64)70-48(4,5)6)42(61)50-19-9-7-8-10-38(57)51-23-26-11-15-30-33(20-26)49(68-43(30)62)31-16-12-27(55)21-35(31)66-36-22-28(56)13-17-32(36)49/h11-13,15-17,20-22,29,34,37,39-41,44,54-56,58-60H,7-10,14,18-19,23-25H2,1-6H3,(H,50,61)(H,51,57)(H,52,63)(H,53,64)/t29-,34+,37-,39+,40+,41-,44-/m1/s1. The van der Waals surface area contributed by atoms with Gasteiger partial charge in [0.05, 0.1) is 18.3 Å². The Labute approximate surface area is 404 Å². The van der Waals surface area contributed by atoms with Crippen molar-refractivity contribution < 1.29 is 83.0 Å². The SMILES string of the molecule is CC(C)(C)OC(=O)NC[C@@H](CC[C@H](NC(=O)OC(C)(C)C)C(=O)NCCCCCC(=O)NCc1ccc2c(c1)C1(OC2=O)c2ccc(O)cc2Oc2cc(O)ccc21)O[C@@H]1O[C@H](CO)[C@H](O)[C@H](O)[C@H]1O. The Morgan fingerprint density at radius 1 is 0.743 bits per heavy atom. The summed E-state index contributed by atoms with van der Waals surface area (Å²) in [5.41, 5.74) is -0.739. The second-order valence-electron chi connectivity index (χ2n) is 19.4. The molecule has 3 heterocycles. The van der Waals surface area contributed by atoms with E-state index in [1.54, 1.807) is 71.9 Å². The van der Waals surface area contributed by atoms with Gasteiger partial charge in [-0.1, -0.05) is 12.5 Å². The minimum atomic E-state index is -1.75. The van der Waals surface area contributed by atoms with Gasteiger partial charge in [0.2, 0.25) is 11.8 Å². The van der Waals surface area contributed by atoms with Gasteiger partial charge < -0.3 is 80.3 Å². The van der Waals surface area contributed by atoms with Crippen LogP contribution in [0.15, 0.2) is 54.6 Å². The number of amides is 4. The van der Waals surface area contributed by atoms with Crippen molar-refractivity contribution in [1.29, 1.82) is 0 Å². The first-order valence-corrected chi connectivity index (χ1v) is 23.2. The molecule has 0 radical (unpaired) electrons. The molecule has 70 heavy (non-hydrogen) atoms. The van der Waals surface area contributed by atoms with Crippen molar-refractivity contribution in [3.05, 3.63) is 82.4 Å². The molecule has 1 saturated heterocycles. The van der Waals surface area contributed by atoms with E-state index in [1.165, 1.54) is 24.3 Å². The van der Waals surface area contributed by atoms with Crippen LogP contribution < -0.4 is 26.0 Å². The number of ether oxygens (including phenoxy) is 6. The summed E-state index contributed by atoms with van der Waals surface area (Å²) in [6, 6.07) is 12.9. The fourth-order valence-electron chi connectivity index (χ4n) is 8.24. The van der Waals surface area contributed by atoms with Gasteiger partial charge in [0, 0.05) is 54.9 Å². The van der Waals surface area contributed by atoms with Gasteiger partial charge >= 0.3 is 18.2 Å². The Bertz CT molecular complexity index is 2330. The van der Waals surface area contributed by atoms with Gasteiger partial charge in [-0.25, -0.2) is 14.4 Å². The number of alkyl carbamates (subject to hydrolysis) is 2. The molecule has 0 saturated carbocycles. The molecule has 3 aliphatic rings. The third kappa shape index (κ3) is 13.1. The number of carbonyl (C=O) groups excluding carboxylic acids is 5. The van der Waals surface area contributed by atoms with Crippen LogP contribution in [0, 0.1) is 0 Å². The summed E-state index contributed by atoms with van der Waals surface area (Å²) in [6.07, 6.45) is -9.10. The molecule has 0 unspecified atom stereocenters. The van der Waals surface area contributed by atoms with Crippen molar-refractivity contribution in [1.82, 2.24) is 21.3 Å². The van der Waals surface area contributed by atoms with Gasteiger partial charge in [-0.3, -0.25) is 9.59 Å². The zero-order chi connectivity index (χ0) is 51.1. The van der Waals surface area contributed by atoms with Gasteiger partial charge in [-0.05, 0) is 109 Å². The van der Waals surface area contributed by atoms with E-state index in [2.05, 4.69) is 21.3 Å². The summed E-state index contributed by atoms with van der Waals surface area (Å²) >= 11 is 0. The van der Waals surface area contributed by atoms with Crippen LogP contribution in [0.3, 0.4) is 0 Å². The van der Waals surface area contributed by atoms with Crippen LogP contribution in [0.5, 0.6) is 23.0 Å². The lowest BCUT2D eigenvalue weighted by Crippen LogP contribution is -2.60. The molecule has 0 aliphatic carbocycles. The number of hydrogen-bond acceptors (Lipinski definition) is 17. The van der Waals surface area contributed by atoms with E-state index in [0.29, 0.717) is 47.1 Å². The molecule has 10 N–H and O–H groups in total. The lowest BCUT2D eigenvalue weighted by atomic mass is 9.77. The number of carbonyl (C=O) groups is 5. The molecule has 0 aromatic heterocycles. The van der Waals surface area contributed by atoms with E-state index in [9.17, 15) is 54.6 Å². The van der Waals surface area contributed by atoms with Crippen molar-refractivity contribution in [3.63, 3.8) is 0 Å². The van der Waals surface area contributed by atoms with Gasteiger partial charge in [-0.15, -0.1) is 0 Å². The summed E-state index contributed by atoms with van der Waals surface area (Å²) in [5.74, 6) is -1.03. The number of phenols is 2. The topological polar surface area (TPSA) is 310 Å². The van der Waals surface area contributed by atoms with Gasteiger partial charge in [0.25, 0.3) is 0 Å². The van der Waals surface area contributed by atoms with Gasteiger partial charge in [-0.2, -0.15) is 0 Å². The summed E-state index contributed by atoms with van der Waals surface area (Å²) in [4.78, 5) is 65.4. The number of nitrogens with one attached hydrogen (secondary N) is 4. The molecule has 3 aliphatic heterocycles. The number of phenolic OH excluding ortho intramolecular Hbond substituents is 2. The van der Waals surface area contributed by atoms with Crippen LogP contribution in [0.4, 0.5) is 9.59 Å². The third-order valence-electron chi connectivity index (χ3n) is 11.5. The highest BCUT2D eigenvalue weighted by atomic mass is 16.7. The summed E-state index contributed by atoms with van der Waals surface area (Å²) < 4.78 is 34.3. The molecule has 1 fully saturated rings. The highest BCUT2D eigenvalue weighted by molar-refractivity contribution is 5.97. The van der Waals surface area contributed by atoms with Crippen molar-refractivity contribution in [2.24, 2.45) is 0 Å². The fraction of sp³-hybridized carbons (Fsp3) is 0.531. The number of esters is 1. The lowest BCUT2D eigenvalue weighted by Gasteiger charge is -2.41. The van der Waals surface area contributed by atoms with E-state index < -0.39 is 90.3 Å². The van der Waals surface area contributed by atoms with Crippen LogP contribution in [-0.2, 0) is 45.4 Å². The Morgan fingerprint density at radius 3 is 2.01 bits per heavy atom. The lowest BCUT2D eigenvalue weighted by molar-refractivity contribution is -0.311. The minimum absolute atomic E-state index is 0.0420. The summed E-state index contributed by atoms with van der Waals surface area (Å²) in [7, 11) is 0. The number of benzene rings is 3. The predicted octanol–water partition coefficient (Wildman–Crippen LogP) is 3.34. The van der Waals surface area contributed by atoms with Crippen molar-refractivity contribution >= 4 is 30.0 Å². The zero-order valence-corrected chi connectivity index (χ0v) is 40.0. The molecular formula is C49H64N4O17. The molecule has 4 amide bonds. The quantitative estimate of drug-likeness (QED) is 0.0497.